The van der Waals surface area contributed by atoms with E-state index in [0.29, 0.717) is 28.1 Å². The molecule has 0 N–H and O–H groups in total. The molecule has 1 aromatic heterocycles. The maximum atomic E-state index is 12.8. The fourth-order valence-electron chi connectivity index (χ4n) is 3.89. The second-order valence-corrected chi connectivity index (χ2v) is 7.54. The molecule has 7 nitrogen and oxygen atoms in total. The summed E-state index contributed by atoms with van der Waals surface area (Å²) in [7, 11) is 0. The molecule has 6 rings (SSSR count). The first-order chi connectivity index (χ1) is 16.2. The van der Waals surface area contributed by atoms with Crippen LogP contribution in [0.3, 0.4) is 0 Å². The van der Waals surface area contributed by atoms with Crippen molar-refractivity contribution in [3.05, 3.63) is 120 Å². The van der Waals surface area contributed by atoms with Crippen LogP contribution >= 0.6 is 0 Å². The van der Waals surface area contributed by atoms with Gasteiger partial charge in [0, 0.05) is 11.1 Å². The van der Waals surface area contributed by atoms with Crippen molar-refractivity contribution >= 4 is 17.0 Å². The predicted molar refractivity (Wildman–Crippen MR) is 120 cm³/mol. The molecule has 0 atom stereocenters. The maximum absolute atomic E-state index is 12.8. The average Bonchev–Trinajstić information content (AvgIpc) is 3.47. The van der Waals surface area contributed by atoms with Gasteiger partial charge in [-0.3, -0.25) is 0 Å². The van der Waals surface area contributed by atoms with E-state index >= 15 is 0 Å². The van der Waals surface area contributed by atoms with E-state index < -0.39 is 11.8 Å². The topological polar surface area (TPSA) is 75.5 Å². The number of aromatic nitrogens is 3. The number of carbonyl (C=O) groups is 1. The van der Waals surface area contributed by atoms with Gasteiger partial charge < -0.3 is 14.3 Å². The molecule has 7 heteroatoms. The van der Waals surface area contributed by atoms with Gasteiger partial charge in [-0.1, -0.05) is 77.6 Å². The standard InChI is InChI=1S/C26H17N3O4/c30-25(33-29-22-14-8-7-13-21(22)27-28-29)18-15-16-23-24(17-18)32-26(31-23,19-9-3-1-4-10-19)20-11-5-2-6-12-20/h1-17H. The van der Waals surface area contributed by atoms with E-state index in [-0.39, 0.29) is 0 Å². The van der Waals surface area contributed by atoms with E-state index in [4.69, 9.17) is 14.3 Å². The Hall–Kier alpha value is -4.65. The highest BCUT2D eigenvalue weighted by molar-refractivity contribution is 5.91. The van der Waals surface area contributed by atoms with Crippen LogP contribution in [0, 0.1) is 0 Å². The minimum atomic E-state index is -1.16. The van der Waals surface area contributed by atoms with Gasteiger partial charge in [0.25, 0.3) is 0 Å². The third-order valence-electron chi connectivity index (χ3n) is 5.49. The summed E-state index contributed by atoms with van der Waals surface area (Å²) in [4.78, 5) is 19.4. The zero-order valence-electron chi connectivity index (χ0n) is 17.3. The molecule has 5 aromatic rings. The third-order valence-corrected chi connectivity index (χ3v) is 5.49. The monoisotopic (exact) mass is 435 g/mol. The number of benzene rings is 4. The Morgan fingerprint density at radius 3 is 2.12 bits per heavy atom. The molecular formula is C26H17N3O4. The van der Waals surface area contributed by atoms with Gasteiger partial charge in [-0.25, -0.2) is 4.79 Å². The molecule has 0 spiro atoms. The van der Waals surface area contributed by atoms with Gasteiger partial charge >= 0.3 is 11.8 Å². The molecule has 33 heavy (non-hydrogen) atoms. The zero-order chi connectivity index (χ0) is 22.3. The van der Waals surface area contributed by atoms with Gasteiger partial charge in [0.05, 0.1) is 5.56 Å². The number of fused-ring (bicyclic) bond motifs is 2. The van der Waals surface area contributed by atoms with Crippen molar-refractivity contribution in [2.45, 2.75) is 5.79 Å². The second-order valence-electron chi connectivity index (χ2n) is 7.54. The Kier molecular flexibility index (Phi) is 4.33. The van der Waals surface area contributed by atoms with Gasteiger partial charge in [0.1, 0.15) is 11.0 Å². The Labute approximate surface area is 188 Å². The first kappa shape index (κ1) is 19.1. The molecule has 0 bridgehead atoms. The van der Waals surface area contributed by atoms with E-state index in [2.05, 4.69) is 10.3 Å². The molecule has 0 saturated carbocycles. The summed E-state index contributed by atoms with van der Waals surface area (Å²) in [6, 6.07) is 31.6. The minimum absolute atomic E-state index is 0.300. The number of para-hydroxylation sites is 1. The molecule has 0 unspecified atom stereocenters. The Morgan fingerprint density at radius 1 is 0.758 bits per heavy atom. The normalized spacial score (nSPS) is 13.7. The highest BCUT2D eigenvalue weighted by Gasteiger charge is 2.45. The lowest BCUT2D eigenvalue weighted by Gasteiger charge is -2.28. The number of rotatable bonds is 4. The molecule has 4 aromatic carbocycles. The lowest BCUT2D eigenvalue weighted by atomic mass is 9.97. The SMILES string of the molecule is O=C(On1nnc2ccccc21)c1ccc2c(c1)OC(c1ccccc1)(c1ccccc1)O2. The van der Waals surface area contributed by atoms with Crippen LogP contribution in [0.15, 0.2) is 103 Å². The molecule has 2 heterocycles. The molecule has 0 saturated heterocycles. The molecule has 1 aliphatic heterocycles. The fourth-order valence-corrected chi connectivity index (χ4v) is 3.89. The first-order valence-corrected chi connectivity index (χ1v) is 10.4. The highest BCUT2D eigenvalue weighted by Crippen LogP contribution is 2.47. The van der Waals surface area contributed by atoms with E-state index in [9.17, 15) is 4.79 Å². The average molecular weight is 435 g/mol. The summed E-state index contributed by atoms with van der Waals surface area (Å²) in [5.41, 5.74) is 3.20. The molecule has 0 aliphatic carbocycles. The van der Waals surface area contributed by atoms with Gasteiger partial charge in [-0.2, -0.15) is 0 Å². The molecule has 0 fully saturated rings. The highest BCUT2D eigenvalue weighted by atomic mass is 16.7. The molecule has 160 valence electrons. The van der Waals surface area contributed by atoms with Crippen molar-refractivity contribution in [3.8, 4) is 11.5 Å². The Morgan fingerprint density at radius 2 is 1.39 bits per heavy atom. The van der Waals surface area contributed by atoms with Gasteiger partial charge in [-0.15, -0.1) is 5.10 Å². The van der Waals surface area contributed by atoms with Crippen molar-refractivity contribution in [3.63, 3.8) is 0 Å². The number of carbonyl (C=O) groups excluding carboxylic acids is 1. The summed E-state index contributed by atoms with van der Waals surface area (Å²) in [6.45, 7) is 0. The van der Waals surface area contributed by atoms with Crippen molar-refractivity contribution in [1.82, 2.24) is 15.2 Å². The van der Waals surface area contributed by atoms with Crippen LogP contribution in [-0.2, 0) is 5.79 Å². The smallest absolute Gasteiger partial charge is 0.365 e. The van der Waals surface area contributed by atoms with Crippen LogP contribution in [0.2, 0.25) is 0 Å². The largest absolute Gasteiger partial charge is 0.440 e. The van der Waals surface area contributed by atoms with E-state index in [0.717, 1.165) is 16.0 Å². The van der Waals surface area contributed by atoms with Crippen LogP contribution in [-0.4, -0.2) is 21.1 Å². The fraction of sp³-hybridized carbons (Fsp3) is 0.0385. The molecule has 1 aliphatic rings. The zero-order valence-corrected chi connectivity index (χ0v) is 17.3. The molecular weight excluding hydrogens is 418 g/mol. The van der Waals surface area contributed by atoms with Gasteiger partial charge in [0.15, 0.2) is 11.5 Å². The van der Waals surface area contributed by atoms with Crippen molar-refractivity contribution in [2.24, 2.45) is 0 Å². The van der Waals surface area contributed by atoms with Crippen LogP contribution < -0.4 is 14.3 Å². The third kappa shape index (κ3) is 3.18. The summed E-state index contributed by atoms with van der Waals surface area (Å²) in [5, 5.41) is 7.90. The Bertz CT molecular complexity index is 1430. The van der Waals surface area contributed by atoms with Crippen molar-refractivity contribution in [1.29, 1.82) is 0 Å². The van der Waals surface area contributed by atoms with E-state index in [1.807, 2.05) is 72.8 Å². The van der Waals surface area contributed by atoms with Crippen molar-refractivity contribution in [2.75, 3.05) is 0 Å². The minimum Gasteiger partial charge on any atom is -0.440 e. The lowest BCUT2D eigenvalue weighted by molar-refractivity contribution is -0.0459. The number of hydrogen-bond acceptors (Lipinski definition) is 6. The van der Waals surface area contributed by atoms with Crippen molar-refractivity contribution < 1.29 is 19.1 Å². The number of ether oxygens (including phenoxy) is 2. The maximum Gasteiger partial charge on any atom is 0.365 e. The number of nitrogens with zero attached hydrogens (tertiary/aromatic N) is 3. The number of hydrogen-bond donors (Lipinski definition) is 0. The van der Waals surface area contributed by atoms with E-state index in [1.54, 1.807) is 30.3 Å². The molecule has 0 amide bonds. The summed E-state index contributed by atoms with van der Waals surface area (Å²) < 4.78 is 12.8. The van der Waals surface area contributed by atoms with Crippen LogP contribution in [0.5, 0.6) is 11.5 Å². The van der Waals surface area contributed by atoms with Crippen LogP contribution in [0.1, 0.15) is 21.5 Å². The quantitative estimate of drug-likeness (QED) is 0.390. The summed E-state index contributed by atoms with van der Waals surface area (Å²) in [5.74, 6) is -0.768. The Balaban J connectivity index is 1.34. The van der Waals surface area contributed by atoms with Gasteiger partial charge in [-0.05, 0) is 35.5 Å². The van der Waals surface area contributed by atoms with Gasteiger partial charge in [0.2, 0.25) is 0 Å². The van der Waals surface area contributed by atoms with E-state index in [1.165, 1.54) is 0 Å². The van der Waals surface area contributed by atoms with Crippen LogP contribution in [0.4, 0.5) is 0 Å². The lowest BCUT2D eigenvalue weighted by Crippen LogP contribution is -2.36. The predicted octanol–water partition coefficient (Wildman–Crippen LogP) is 4.37. The first-order valence-electron chi connectivity index (χ1n) is 10.4. The summed E-state index contributed by atoms with van der Waals surface area (Å²) in [6.07, 6.45) is 0. The molecule has 0 radical (unpaired) electrons. The second kappa shape index (κ2) is 7.49. The van der Waals surface area contributed by atoms with Crippen LogP contribution in [0.25, 0.3) is 11.0 Å². The summed E-state index contributed by atoms with van der Waals surface area (Å²) >= 11 is 0.